The van der Waals surface area contributed by atoms with Crippen molar-refractivity contribution in [2.45, 2.75) is 63.6 Å². The Morgan fingerprint density at radius 2 is 1.96 bits per heavy atom. The molecule has 0 spiro atoms. The van der Waals surface area contributed by atoms with Gasteiger partial charge >= 0.3 is 0 Å². The standard InChI is InChI=1S/C18H27NO3S/c1-14-6-4-8-16(12-14)22-18-10-3-2-9-17(18)19-15-7-5-11-23(20,21)13-15/h4,6,8,12,15,17-19H,2-3,5,7,9-11,13H2,1H3/t15-,17-,18-/m1/s1. The van der Waals surface area contributed by atoms with Crippen LogP contribution in [0.2, 0.25) is 0 Å². The van der Waals surface area contributed by atoms with Crippen molar-refractivity contribution in [1.82, 2.24) is 5.32 Å². The van der Waals surface area contributed by atoms with Gasteiger partial charge in [0.15, 0.2) is 9.84 Å². The zero-order valence-corrected chi connectivity index (χ0v) is 14.6. The minimum Gasteiger partial charge on any atom is -0.489 e. The number of hydrogen-bond acceptors (Lipinski definition) is 4. The second-order valence-electron chi connectivity index (χ2n) is 6.98. The Morgan fingerprint density at radius 1 is 1.13 bits per heavy atom. The second-order valence-corrected chi connectivity index (χ2v) is 9.21. The van der Waals surface area contributed by atoms with E-state index in [1.165, 1.54) is 18.4 Å². The van der Waals surface area contributed by atoms with Crippen LogP contribution in [0.3, 0.4) is 0 Å². The lowest BCUT2D eigenvalue weighted by Gasteiger charge is -2.36. The van der Waals surface area contributed by atoms with E-state index in [1.807, 2.05) is 12.1 Å². The fraction of sp³-hybridized carbons (Fsp3) is 0.667. The first-order valence-corrected chi connectivity index (χ1v) is 10.5. The number of nitrogens with one attached hydrogen (secondary N) is 1. The highest BCUT2D eigenvalue weighted by molar-refractivity contribution is 7.91. The van der Waals surface area contributed by atoms with Crippen LogP contribution < -0.4 is 10.1 Å². The van der Waals surface area contributed by atoms with Crippen molar-refractivity contribution in [2.75, 3.05) is 11.5 Å². The van der Waals surface area contributed by atoms with E-state index < -0.39 is 9.84 Å². The molecule has 1 aromatic carbocycles. The number of rotatable bonds is 4. The molecule has 1 aromatic rings. The summed E-state index contributed by atoms with van der Waals surface area (Å²) in [5.41, 5.74) is 1.20. The molecule has 1 aliphatic carbocycles. The predicted octanol–water partition coefficient (Wildman–Crippen LogP) is 2.85. The first kappa shape index (κ1) is 16.8. The van der Waals surface area contributed by atoms with Crippen LogP contribution >= 0.6 is 0 Å². The fourth-order valence-corrected chi connectivity index (χ4v) is 5.40. The summed E-state index contributed by atoms with van der Waals surface area (Å²) in [6.45, 7) is 2.07. The maximum absolute atomic E-state index is 11.8. The largest absolute Gasteiger partial charge is 0.489 e. The van der Waals surface area contributed by atoms with Crippen molar-refractivity contribution in [3.8, 4) is 5.75 Å². The minimum atomic E-state index is -2.87. The zero-order valence-electron chi connectivity index (χ0n) is 13.8. The first-order chi connectivity index (χ1) is 11.0. The molecule has 0 aromatic heterocycles. The van der Waals surface area contributed by atoms with Crippen molar-refractivity contribution < 1.29 is 13.2 Å². The van der Waals surface area contributed by atoms with Gasteiger partial charge in [-0.25, -0.2) is 8.42 Å². The number of ether oxygens (including phenoxy) is 1. The fourth-order valence-electron chi connectivity index (χ4n) is 3.75. The third kappa shape index (κ3) is 4.70. The van der Waals surface area contributed by atoms with Gasteiger partial charge in [0, 0.05) is 12.1 Å². The molecule has 23 heavy (non-hydrogen) atoms. The van der Waals surface area contributed by atoms with Crippen LogP contribution in [0.4, 0.5) is 0 Å². The van der Waals surface area contributed by atoms with Crippen molar-refractivity contribution >= 4 is 9.84 Å². The molecule has 0 unspecified atom stereocenters. The Balaban J connectivity index is 1.64. The summed E-state index contributed by atoms with van der Waals surface area (Å²) in [7, 11) is -2.87. The maximum Gasteiger partial charge on any atom is 0.151 e. The Labute approximate surface area is 139 Å². The van der Waals surface area contributed by atoms with Crippen LogP contribution in [0.25, 0.3) is 0 Å². The van der Waals surface area contributed by atoms with Crippen LogP contribution in [0, 0.1) is 6.92 Å². The molecule has 1 N–H and O–H groups in total. The molecule has 5 heteroatoms. The van der Waals surface area contributed by atoms with Crippen molar-refractivity contribution in [3.63, 3.8) is 0 Å². The molecule has 1 saturated heterocycles. The van der Waals surface area contributed by atoms with Crippen molar-refractivity contribution in [1.29, 1.82) is 0 Å². The van der Waals surface area contributed by atoms with Crippen LogP contribution in [0.5, 0.6) is 5.75 Å². The van der Waals surface area contributed by atoms with E-state index >= 15 is 0 Å². The van der Waals surface area contributed by atoms with Gasteiger partial charge in [0.1, 0.15) is 11.9 Å². The van der Waals surface area contributed by atoms with E-state index in [0.29, 0.717) is 5.75 Å². The number of hydrogen-bond donors (Lipinski definition) is 1. The summed E-state index contributed by atoms with van der Waals surface area (Å²) in [5, 5.41) is 3.59. The summed E-state index contributed by atoms with van der Waals surface area (Å²) in [6, 6.07) is 8.49. The molecule has 0 radical (unpaired) electrons. The first-order valence-electron chi connectivity index (χ1n) is 8.72. The molecule has 0 amide bonds. The molecule has 128 valence electrons. The Morgan fingerprint density at radius 3 is 2.74 bits per heavy atom. The Hall–Kier alpha value is -1.07. The molecule has 0 bridgehead atoms. The molecule has 1 saturated carbocycles. The third-order valence-corrected chi connectivity index (χ3v) is 6.71. The number of sulfone groups is 1. The molecular formula is C18H27NO3S. The van der Waals surface area contributed by atoms with Crippen LogP contribution in [-0.2, 0) is 9.84 Å². The Bertz CT molecular complexity index is 629. The lowest BCUT2D eigenvalue weighted by molar-refractivity contribution is 0.107. The highest BCUT2D eigenvalue weighted by atomic mass is 32.2. The monoisotopic (exact) mass is 337 g/mol. The highest BCUT2D eigenvalue weighted by Gasteiger charge is 2.32. The SMILES string of the molecule is Cc1cccc(O[C@@H]2CCCC[C@H]2N[C@@H]2CCCS(=O)(=O)C2)c1. The van der Waals surface area contributed by atoms with E-state index in [2.05, 4.69) is 24.4 Å². The van der Waals surface area contributed by atoms with Gasteiger partial charge < -0.3 is 10.1 Å². The van der Waals surface area contributed by atoms with Gasteiger partial charge in [0.25, 0.3) is 0 Å². The van der Waals surface area contributed by atoms with E-state index in [4.69, 9.17) is 4.74 Å². The molecule has 4 nitrogen and oxygen atoms in total. The van der Waals surface area contributed by atoms with Crippen LogP contribution in [-0.4, -0.2) is 38.1 Å². The topological polar surface area (TPSA) is 55.4 Å². The second kappa shape index (κ2) is 7.22. The average Bonchev–Trinajstić information content (AvgIpc) is 2.48. The molecule has 1 heterocycles. The lowest BCUT2D eigenvalue weighted by Crippen LogP contribution is -2.52. The summed E-state index contributed by atoms with van der Waals surface area (Å²) >= 11 is 0. The zero-order chi connectivity index (χ0) is 16.3. The molecule has 2 fully saturated rings. The normalized spacial score (nSPS) is 30.7. The van der Waals surface area contributed by atoms with Gasteiger partial charge in [-0.05, 0) is 56.7 Å². The number of benzene rings is 1. The van der Waals surface area contributed by atoms with E-state index in [0.717, 1.165) is 31.4 Å². The summed E-state index contributed by atoms with van der Waals surface area (Å²) in [6.07, 6.45) is 6.32. The maximum atomic E-state index is 11.8. The summed E-state index contributed by atoms with van der Waals surface area (Å²) in [4.78, 5) is 0. The molecule has 3 rings (SSSR count). The molecule has 3 atom stereocenters. The van der Waals surface area contributed by atoms with Crippen LogP contribution in [0.1, 0.15) is 44.1 Å². The summed E-state index contributed by atoms with van der Waals surface area (Å²) < 4.78 is 29.9. The smallest absolute Gasteiger partial charge is 0.151 e. The average molecular weight is 337 g/mol. The van der Waals surface area contributed by atoms with Crippen molar-refractivity contribution in [2.24, 2.45) is 0 Å². The van der Waals surface area contributed by atoms with Gasteiger partial charge in [-0.3, -0.25) is 0 Å². The summed E-state index contributed by atoms with van der Waals surface area (Å²) in [5.74, 6) is 1.54. The molecule has 1 aliphatic heterocycles. The van der Waals surface area contributed by atoms with E-state index in [1.54, 1.807) is 0 Å². The highest BCUT2D eigenvalue weighted by Crippen LogP contribution is 2.26. The van der Waals surface area contributed by atoms with Gasteiger partial charge in [-0.2, -0.15) is 0 Å². The molecule has 2 aliphatic rings. The van der Waals surface area contributed by atoms with Crippen LogP contribution in [0.15, 0.2) is 24.3 Å². The number of aryl methyl sites for hydroxylation is 1. The van der Waals surface area contributed by atoms with Gasteiger partial charge in [0.05, 0.1) is 11.5 Å². The minimum absolute atomic E-state index is 0.0838. The predicted molar refractivity (Wildman–Crippen MR) is 92.7 cm³/mol. The quantitative estimate of drug-likeness (QED) is 0.918. The van der Waals surface area contributed by atoms with E-state index in [-0.39, 0.29) is 23.9 Å². The van der Waals surface area contributed by atoms with Gasteiger partial charge in [0.2, 0.25) is 0 Å². The lowest BCUT2D eigenvalue weighted by atomic mass is 9.91. The molecular weight excluding hydrogens is 310 g/mol. The Kier molecular flexibility index (Phi) is 5.27. The van der Waals surface area contributed by atoms with Gasteiger partial charge in [-0.1, -0.05) is 18.6 Å². The van der Waals surface area contributed by atoms with Crippen molar-refractivity contribution in [3.05, 3.63) is 29.8 Å². The van der Waals surface area contributed by atoms with E-state index in [9.17, 15) is 8.42 Å². The third-order valence-electron chi connectivity index (χ3n) is 4.89. The van der Waals surface area contributed by atoms with Gasteiger partial charge in [-0.15, -0.1) is 0 Å².